The summed E-state index contributed by atoms with van der Waals surface area (Å²) in [6.45, 7) is 3.09. The summed E-state index contributed by atoms with van der Waals surface area (Å²) in [7, 11) is 4.62. The van der Waals surface area contributed by atoms with Gasteiger partial charge in [0.25, 0.3) is 5.56 Å². The van der Waals surface area contributed by atoms with Crippen molar-refractivity contribution in [3.63, 3.8) is 0 Å². The highest BCUT2D eigenvalue weighted by Gasteiger charge is 2.25. The summed E-state index contributed by atoms with van der Waals surface area (Å²) in [5.41, 5.74) is -0.302. The first-order chi connectivity index (χ1) is 15.4. The fraction of sp³-hybridized carbons (Fsp3) is 0.476. The number of methoxy groups -OCH3 is 1. The molecule has 0 bridgehead atoms. The van der Waals surface area contributed by atoms with E-state index in [2.05, 4.69) is 15.2 Å². The number of nitrogens with one attached hydrogen (secondary N) is 1. The first kappa shape index (κ1) is 21.9. The number of benzene rings is 1. The van der Waals surface area contributed by atoms with E-state index in [0.717, 1.165) is 17.7 Å². The lowest BCUT2D eigenvalue weighted by Crippen LogP contribution is -2.45. The average Bonchev–Trinajstić information content (AvgIpc) is 3.20. The number of ether oxygens (including phenoxy) is 2. The summed E-state index contributed by atoms with van der Waals surface area (Å²) < 4.78 is 15.0. The SMILES string of the molecule is COc1ccc(OCC(O)Cn2c(N3CCNCC3)nc3c2c(=O)n(C)c(=O)n3C)cc1. The van der Waals surface area contributed by atoms with Crippen molar-refractivity contribution in [1.82, 2.24) is 24.0 Å². The van der Waals surface area contributed by atoms with Crippen molar-refractivity contribution < 1.29 is 14.6 Å². The summed E-state index contributed by atoms with van der Waals surface area (Å²) in [6.07, 6.45) is -0.905. The molecule has 3 aromatic rings. The summed E-state index contributed by atoms with van der Waals surface area (Å²) >= 11 is 0. The third kappa shape index (κ3) is 4.08. The molecule has 0 amide bonds. The summed E-state index contributed by atoms with van der Waals surface area (Å²) in [6, 6.07) is 7.07. The number of aromatic nitrogens is 4. The minimum atomic E-state index is -0.905. The van der Waals surface area contributed by atoms with E-state index in [1.54, 1.807) is 43.0 Å². The van der Waals surface area contributed by atoms with Gasteiger partial charge in [-0.3, -0.25) is 13.9 Å². The van der Waals surface area contributed by atoms with Crippen LogP contribution in [0.1, 0.15) is 0 Å². The molecule has 1 saturated heterocycles. The maximum atomic E-state index is 13.0. The Kier molecular flexibility index (Phi) is 6.19. The molecule has 11 nitrogen and oxygen atoms in total. The Morgan fingerprint density at radius 1 is 1.09 bits per heavy atom. The minimum Gasteiger partial charge on any atom is -0.497 e. The number of hydrogen-bond acceptors (Lipinski definition) is 8. The van der Waals surface area contributed by atoms with Gasteiger partial charge in [0.05, 0.1) is 13.7 Å². The van der Waals surface area contributed by atoms with Gasteiger partial charge in [0, 0.05) is 40.3 Å². The molecule has 0 spiro atoms. The highest BCUT2D eigenvalue weighted by molar-refractivity contribution is 5.74. The van der Waals surface area contributed by atoms with Crippen LogP contribution in [0.15, 0.2) is 33.9 Å². The van der Waals surface area contributed by atoms with E-state index in [9.17, 15) is 14.7 Å². The lowest BCUT2D eigenvalue weighted by atomic mass is 10.3. The Labute approximate surface area is 184 Å². The van der Waals surface area contributed by atoms with Crippen LogP contribution in [0.4, 0.5) is 5.95 Å². The van der Waals surface area contributed by atoms with Crippen LogP contribution < -0.4 is 30.9 Å². The minimum absolute atomic E-state index is 0.0269. The van der Waals surface area contributed by atoms with Crippen LogP contribution >= 0.6 is 0 Å². The Bertz CT molecular complexity index is 1210. The van der Waals surface area contributed by atoms with Crippen molar-refractivity contribution in [2.24, 2.45) is 14.1 Å². The second-order valence-corrected chi connectivity index (χ2v) is 7.78. The monoisotopic (exact) mass is 444 g/mol. The predicted octanol–water partition coefficient (Wildman–Crippen LogP) is -0.708. The van der Waals surface area contributed by atoms with Crippen LogP contribution in [-0.4, -0.2) is 69.8 Å². The lowest BCUT2D eigenvalue weighted by molar-refractivity contribution is 0.0935. The Hall–Kier alpha value is -3.31. The Morgan fingerprint density at radius 3 is 2.41 bits per heavy atom. The molecule has 0 radical (unpaired) electrons. The molecule has 11 heteroatoms. The van der Waals surface area contributed by atoms with Gasteiger partial charge in [0.1, 0.15) is 24.2 Å². The Morgan fingerprint density at radius 2 is 1.75 bits per heavy atom. The number of aliphatic hydroxyl groups is 1. The zero-order chi connectivity index (χ0) is 22.8. The second kappa shape index (κ2) is 9.05. The molecule has 1 aliphatic heterocycles. The fourth-order valence-corrected chi connectivity index (χ4v) is 3.84. The van der Waals surface area contributed by atoms with Crippen LogP contribution in [0.5, 0.6) is 11.5 Å². The number of piperazine rings is 1. The molecule has 2 aromatic heterocycles. The van der Waals surface area contributed by atoms with E-state index in [0.29, 0.717) is 36.2 Å². The standard InChI is InChI=1S/C21H28N6O5/c1-24-18-17(19(29)25(2)21(24)30)27(20(23-18)26-10-8-22-9-11-26)12-14(28)13-32-16-6-4-15(31-3)5-7-16/h4-7,14,22,28H,8-13H2,1-3H3. The van der Waals surface area contributed by atoms with Crippen LogP contribution in [0, 0.1) is 0 Å². The molecule has 3 heterocycles. The van der Waals surface area contributed by atoms with Crippen LogP contribution in [0.25, 0.3) is 11.2 Å². The topological polar surface area (TPSA) is 116 Å². The van der Waals surface area contributed by atoms with E-state index in [1.165, 1.54) is 11.6 Å². The van der Waals surface area contributed by atoms with Crippen LogP contribution in [-0.2, 0) is 20.6 Å². The number of imidazole rings is 1. The number of hydrogen-bond donors (Lipinski definition) is 2. The molecule has 0 saturated carbocycles. The number of anilines is 1. The van der Waals surface area contributed by atoms with Gasteiger partial charge in [-0.1, -0.05) is 0 Å². The van der Waals surface area contributed by atoms with Crippen molar-refractivity contribution in [1.29, 1.82) is 0 Å². The van der Waals surface area contributed by atoms with Crippen molar-refractivity contribution in [2.45, 2.75) is 12.6 Å². The van der Waals surface area contributed by atoms with Gasteiger partial charge in [-0.05, 0) is 24.3 Å². The molecule has 32 heavy (non-hydrogen) atoms. The maximum absolute atomic E-state index is 13.0. The number of rotatable bonds is 7. The molecule has 1 unspecified atom stereocenters. The number of fused-ring (bicyclic) bond motifs is 1. The van der Waals surface area contributed by atoms with Gasteiger partial charge in [-0.2, -0.15) is 4.98 Å². The molecular formula is C21H28N6O5. The first-order valence-electron chi connectivity index (χ1n) is 10.5. The van der Waals surface area contributed by atoms with E-state index in [-0.39, 0.29) is 18.7 Å². The predicted molar refractivity (Wildman–Crippen MR) is 120 cm³/mol. The molecule has 2 N–H and O–H groups in total. The lowest BCUT2D eigenvalue weighted by Gasteiger charge is -2.29. The van der Waals surface area contributed by atoms with Gasteiger partial charge in [0.2, 0.25) is 5.95 Å². The molecule has 1 fully saturated rings. The first-order valence-corrected chi connectivity index (χ1v) is 10.5. The molecular weight excluding hydrogens is 416 g/mol. The summed E-state index contributed by atoms with van der Waals surface area (Å²) in [5.74, 6) is 1.87. The summed E-state index contributed by atoms with van der Waals surface area (Å²) in [4.78, 5) is 32.1. The quantitative estimate of drug-likeness (QED) is 0.491. The third-order valence-electron chi connectivity index (χ3n) is 5.62. The largest absolute Gasteiger partial charge is 0.497 e. The Balaban J connectivity index is 1.66. The second-order valence-electron chi connectivity index (χ2n) is 7.78. The van der Waals surface area contributed by atoms with Gasteiger partial charge >= 0.3 is 5.69 Å². The zero-order valence-corrected chi connectivity index (χ0v) is 18.4. The van der Waals surface area contributed by atoms with Crippen molar-refractivity contribution >= 4 is 17.1 Å². The average molecular weight is 444 g/mol. The number of nitrogens with zero attached hydrogens (tertiary/aromatic N) is 5. The highest BCUT2D eigenvalue weighted by Crippen LogP contribution is 2.21. The highest BCUT2D eigenvalue weighted by atomic mass is 16.5. The van der Waals surface area contributed by atoms with E-state index in [4.69, 9.17) is 9.47 Å². The van der Waals surface area contributed by atoms with Gasteiger partial charge in [-0.25, -0.2) is 4.79 Å². The normalized spacial score (nSPS) is 15.2. The van der Waals surface area contributed by atoms with E-state index in [1.807, 2.05) is 0 Å². The van der Waals surface area contributed by atoms with Gasteiger partial charge in [0.15, 0.2) is 11.2 Å². The van der Waals surface area contributed by atoms with Crippen LogP contribution in [0.3, 0.4) is 0 Å². The molecule has 1 aromatic carbocycles. The molecule has 0 aliphatic carbocycles. The molecule has 1 atom stereocenters. The van der Waals surface area contributed by atoms with Crippen molar-refractivity contribution in [3.8, 4) is 11.5 Å². The third-order valence-corrected chi connectivity index (χ3v) is 5.62. The van der Waals surface area contributed by atoms with Crippen molar-refractivity contribution in [3.05, 3.63) is 45.1 Å². The van der Waals surface area contributed by atoms with E-state index >= 15 is 0 Å². The van der Waals surface area contributed by atoms with Crippen LogP contribution in [0.2, 0.25) is 0 Å². The number of aryl methyl sites for hydroxylation is 1. The smallest absolute Gasteiger partial charge is 0.332 e. The van der Waals surface area contributed by atoms with Crippen molar-refractivity contribution in [2.75, 3.05) is 44.8 Å². The maximum Gasteiger partial charge on any atom is 0.332 e. The fourth-order valence-electron chi connectivity index (χ4n) is 3.84. The molecule has 1 aliphatic rings. The summed E-state index contributed by atoms with van der Waals surface area (Å²) in [5, 5.41) is 14.0. The number of aliphatic hydroxyl groups excluding tert-OH is 1. The molecule has 172 valence electrons. The van der Waals surface area contributed by atoms with Gasteiger partial charge in [-0.15, -0.1) is 0 Å². The van der Waals surface area contributed by atoms with Gasteiger partial charge < -0.3 is 29.4 Å². The van der Waals surface area contributed by atoms with E-state index < -0.39 is 17.4 Å². The molecule has 4 rings (SSSR count). The zero-order valence-electron chi connectivity index (χ0n) is 18.4.